The molecule has 0 bridgehead atoms. The van der Waals surface area contributed by atoms with E-state index in [0.717, 1.165) is 25.3 Å². The molecule has 2 heterocycles. The summed E-state index contributed by atoms with van der Waals surface area (Å²) >= 11 is 0. The van der Waals surface area contributed by atoms with Crippen LogP contribution in [0, 0.1) is 5.41 Å². The summed E-state index contributed by atoms with van der Waals surface area (Å²) in [7, 11) is 3.47. The van der Waals surface area contributed by atoms with Crippen molar-refractivity contribution in [1.82, 2.24) is 15.2 Å². The van der Waals surface area contributed by atoms with Gasteiger partial charge in [0.25, 0.3) is 5.91 Å². The van der Waals surface area contributed by atoms with Crippen LogP contribution in [-0.2, 0) is 0 Å². The Labute approximate surface area is 120 Å². The fourth-order valence-corrected chi connectivity index (χ4v) is 2.47. The topological polar surface area (TPSA) is 57.3 Å². The minimum absolute atomic E-state index is 0.0702. The third-order valence-corrected chi connectivity index (χ3v) is 3.79. The summed E-state index contributed by atoms with van der Waals surface area (Å²) in [5.74, 6) is -0.0702. The first-order chi connectivity index (χ1) is 9.50. The molecule has 2 rings (SSSR count). The summed E-state index contributed by atoms with van der Waals surface area (Å²) in [5.41, 5.74) is 1.71. The summed E-state index contributed by atoms with van der Waals surface area (Å²) in [5, 5.41) is 6.88. The molecule has 0 saturated carbocycles. The van der Waals surface area contributed by atoms with E-state index >= 15 is 0 Å². The number of piperidine rings is 1. The number of pyridine rings is 1. The Morgan fingerprint density at radius 1 is 1.55 bits per heavy atom. The molecule has 1 fully saturated rings. The van der Waals surface area contributed by atoms with E-state index < -0.39 is 0 Å². The second-order valence-corrected chi connectivity index (χ2v) is 6.07. The summed E-state index contributed by atoms with van der Waals surface area (Å²) in [6.45, 7) is 5.35. The van der Waals surface area contributed by atoms with Crippen LogP contribution in [0.3, 0.4) is 0 Å². The number of carbonyl (C=O) groups excluding carboxylic acids is 1. The van der Waals surface area contributed by atoms with Gasteiger partial charge in [-0.3, -0.25) is 9.78 Å². The number of anilines is 1. The summed E-state index contributed by atoms with van der Waals surface area (Å²) < 4.78 is 0. The molecule has 20 heavy (non-hydrogen) atoms. The average molecular weight is 276 g/mol. The number of carbonyl (C=O) groups is 1. The van der Waals surface area contributed by atoms with Gasteiger partial charge in [-0.2, -0.15) is 0 Å². The van der Waals surface area contributed by atoms with Crippen LogP contribution in [0.1, 0.15) is 30.3 Å². The lowest BCUT2D eigenvalue weighted by atomic mass is 9.83. The SMILES string of the molecule is CN(C)C(=O)c1cc(NCC2(C)CCCNC2)ccn1. The molecule has 1 unspecified atom stereocenters. The van der Waals surface area contributed by atoms with Gasteiger partial charge in [-0.25, -0.2) is 0 Å². The highest BCUT2D eigenvalue weighted by atomic mass is 16.2. The summed E-state index contributed by atoms with van der Waals surface area (Å²) in [4.78, 5) is 17.6. The molecule has 1 atom stereocenters. The number of rotatable bonds is 4. The first-order valence-corrected chi connectivity index (χ1v) is 7.12. The lowest BCUT2D eigenvalue weighted by Crippen LogP contribution is -2.42. The zero-order chi connectivity index (χ0) is 14.6. The molecule has 1 saturated heterocycles. The minimum Gasteiger partial charge on any atom is -0.384 e. The third kappa shape index (κ3) is 3.70. The predicted molar refractivity (Wildman–Crippen MR) is 81.0 cm³/mol. The molecule has 0 aliphatic carbocycles. The number of hydrogen-bond acceptors (Lipinski definition) is 4. The molecule has 5 nitrogen and oxygen atoms in total. The van der Waals surface area contributed by atoms with E-state index in [1.54, 1.807) is 25.2 Å². The Bertz CT molecular complexity index is 467. The zero-order valence-corrected chi connectivity index (χ0v) is 12.6. The number of nitrogens with one attached hydrogen (secondary N) is 2. The molecule has 110 valence electrons. The molecule has 1 aromatic heterocycles. The fraction of sp³-hybridized carbons (Fsp3) is 0.600. The van der Waals surface area contributed by atoms with E-state index in [2.05, 4.69) is 22.5 Å². The van der Waals surface area contributed by atoms with Gasteiger partial charge in [0.05, 0.1) is 0 Å². The highest BCUT2D eigenvalue weighted by Crippen LogP contribution is 2.25. The third-order valence-electron chi connectivity index (χ3n) is 3.79. The number of nitrogens with zero attached hydrogens (tertiary/aromatic N) is 2. The van der Waals surface area contributed by atoms with Crippen LogP contribution in [0.25, 0.3) is 0 Å². The van der Waals surface area contributed by atoms with Crippen molar-refractivity contribution in [3.63, 3.8) is 0 Å². The highest BCUT2D eigenvalue weighted by Gasteiger charge is 2.26. The zero-order valence-electron chi connectivity index (χ0n) is 12.6. The lowest BCUT2D eigenvalue weighted by Gasteiger charge is -2.34. The Kier molecular flexibility index (Phi) is 4.60. The highest BCUT2D eigenvalue weighted by molar-refractivity contribution is 5.92. The maximum absolute atomic E-state index is 11.9. The van der Waals surface area contributed by atoms with Crippen LogP contribution in [0.15, 0.2) is 18.3 Å². The molecule has 2 N–H and O–H groups in total. The number of aromatic nitrogens is 1. The van der Waals surface area contributed by atoms with Crippen molar-refractivity contribution in [2.75, 3.05) is 39.0 Å². The van der Waals surface area contributed by atoms with E-state index in [0.29, 0.717) is 5.69 Å². The maximum Gasteiger partial charge on any atom is 0.272 e. The molecular weight excluding hydrogens is 252 g/mol. The molecular formula is C15H24N4O. The van der Waals surface area contributed by atoms with Crippen molar-refractivity contribution in [3.05, 3.63) is 24.0 Å². The smallest absolute Gasteiger partial charge is 0.272 e. The van der Waals surface area contributed by atoms with Crippen LogP contribution in [0.4, 0.5) is 5.69 Å². The van der Waals surface area contributed by atoms with E-state index in [-0.39, 0.29) is 11.3 Å². The van der Waals surface area contributed by atoms with Crippen LogP contribution in [-0.4, -0.2) is 49.5 Å². The first-order valence-electron chi connectivity index (χ1n) is 7.12. The molecule has 1 aromatic rings. The Morgan fingerprint density at radius 3 is 3.00 bits per heavy atom. The van der Waals surface area contributed by atoms with E-state index in [1.165, 1.54) is 12.8 Å². The van der Waals surface area contributed by atoms with Crippen molar-refractivity contribution in [1.29, 1.82) is 0 Å². The average Bonchev–Trinajstić information content (AvgIpc) is 2.45. The van der Waals surface area contributed by atoms with Crippen LogP contribution in [0.2, 0.25) is 0 Å². The Hall–Kier alpha value is -1.62. The minimum atomic E-state index is -0.0702. The van der Waals surface area contributed by atoms with E-state index in [1.807, 2.05) is 12.1 Å². The van der Waals surface area contributed by atoms with Gasteiger partial charge in [0.15, 0.2) is 0 Å². The molecule has 1 aliphatic heterocycles. The normalized spacial score (nSPS) is 22.4. The first kappa shape index (κ1) is 14.8. The predicted octanol–water partition coefficient (Wildman–Crippen LogP) is 1.58. The van der Waals surface area contributed by atoms with Gasteiger partial charge in [0.1, 0.15) is 5.69 Å². The molecule has 5 heteroatoms. The Morgan fingerprint density at radius 2 is 2.35 bits per heavy atom. The standard InChI is InChI=1S/C15H24N4O/c1-15(6-4-7-16-10-15)11-18-12-5-8-17-13(9-12)14(20)19(2)3/h5,8-9,16H,4,6-7,10-11H2,1-3H3,(H,17,18). The molecule has 0 aromatic carbocycles. The van der Waals surface area contributed by atoms with Crippen molar-refractivity contribution >= 4 is 11.6 Å². The van der Waals surface area contributed by atoms with Crippen LogP contribution >= 0.6 is 0 Å². The van der Waals surface area contributed by atoms with Gasteiger partial charge in [0.2, 0.25) is 0 Å². The number of amides is 1. The summed E-state index contributed by atoms with van der Waals surface area (Å²) in [6.07, 6.45) is 4.13. The maximum atomic E-state index is 11.9. The Balaban J connectivity index is 1.99. The molecule has 1 aliphatic rings. The van der Waals surface area contributed by atoms with Crippen molar-refractivity contribution < 1.29 is 4.79 Å². The van der Waals surface area contributed by atoms with Crippen molar-refractivity contribution in [2.45, 2.75) is 19.8 Å². The largest absolute Gasteiger partial charge is 0.384 e. The van der Waals surface area contributed by atoms with Gasteiger partial charge in [0, 0.05) is 39.1 Å². The molecule has 0 spiro atoms. The van der Waals surface area contributed by atoms with Crippen LogP contribution < -0.4 is 10.6 Å². The lowest BCUT2D eigenvalue weighted by molar-refractivity contribution is 0.0822. The molecule has 1 amide bonds. The van der Waals surface area contributed by atoms with Crippen molar-refractivity contribution in [2.24, 2.45) is 5.41 Å². The number of hydrogen-bond donors (Lipinski definition) is 2. The second-order valence-electron chi connectivity index (χ2n) is 6.07. The van der Waals surface area contributed by atoms with Crippen LogP contribution in [0.5, 0.6) is 0 Å². The fourth-order valence-electron chi connectivity index (χ4n) is 2.47. The van der Waals surface area contributed by atoms with Gasteiger partial charge in [-0.1, -0.05) is 6.92 Å². The van der Waals surface area contributed by atoms with E-state index in [9.17, 15) is 4.79 Å². The van der Waals surface area contributed by atoms with Gasteiger partial charge in [-0.15, -0.1) is 0 Å². The second kappa shape index (κ2) is 6.22. The molecule has 0 radical (unpaired) electrons. The quantitative estimate of drug-likeness (QED) is 0.877. The monoisotopic (exact) mass is 276 g/mol. The van der Waals surface area contributed by atoms with Gasteiger partial charge < -0.3 is 15.5 Å². The van der Waals surface area contributed by atoms with Crippen molar-refractivity contribution in [3.8, 4) is 0 Å². The van der Waals surface area contributed by atoms with E-state index in [4.69, 9.17) is 0 Å². The summed E-state index contributed by atoms with van der Waals surface area (Å²) in [6, 6.07) is 3.73. The van der Waals surface area contributed by atoms with Gasteiger partial charge in [-0.05, 0) is 36.9 Å². The van der Waals surface area contributed by atoms with Gasteiger partial charge >= 0.3 is 0 Å².